The van der Waals surface area contributed by atoms with Crippen molar-refractivity contribution in [3.05, 3.63) is 48.3 Å². The molecule has 3 aromatic rings. The van der Waals surface area contributed by atoms with Crippen molar-refractivity contribution in [3.8, 4) is 11.4 Å². The molecule has 6 nitrogen and oxygen atoms in total. The number of carbonyl (C=O) groups is 1. The van der Waals surface area contributed by atoms with Crippen LogP contribution in [0.3, 0.4) is 0 Å². The molecule has 0 spiro atoms. The summed E-state index contributed by atoms with van der Waals surface area (Å²) in [5, 5.41) is 4.12. The number of benzene rings is 1. The van der Waals surface area contributed by atoms with Crippen LogP contribution >= 0.6 is 0 Å². The third kappa shape index (κ3) is 2.24. The van der Waals surface area contributed by atoms with Gasteiger partial charge in [0.25, 0.3) is 0 Å². The number of hydrogen-bond acceptors (Lipinski definition) is 4. The number of aromatic nitrogens is 3. The van der Waals surface area contributed by atoms with Crippen LogP contribution in [-0.4, -0.2) is 26.6 Å². The van der Waals surface area contributed by atoms with Crippen molar-refractivity contribution in [2.24, 2.45) is 5.10 Å². The lowest BCUT2D eigenvalue weighted by molar-refractivity contribution is -0.121. The first-order valence-corrected chi connectivity index (χ1v) is 7.05. The number of nitrogens with one attached hydrogen (secondary N) is 2. The Morgan fingerprint density at radius 3 is 2.64 bits per heavy atom. The number of hydrogen-bond donors (Lipinski definition) is 2. The third-order valence-electron chi connectivity index (χ3n) is 3.67. The molecule has 3 heterocycles. The van der Waals surface area contributed by atoms with E-state index >= 15 is 0 Å². The summed E-state index contributed by atoms with van der Waals surface area (Å²) in [5.41, 5.74) is 7.24. The Morgan fingerprint density at radius 1 is 1.00 bits per heavy atom. The Morgan fingerprint density at radius 2 is 1.86 bits per heavy atom. The van der Waals surface area contributed by atoms with Gasteiger partial charge in [-0.2, -0.15) is 5.10 Å². The van der Waals surface area contributed by atoms with Crippen LogP contribution in [0.4, 0.5) is 0 Å². The van der Waals surface area contributed by atoms with Crippen LogP contribution in [-0.2, 0) is 4.79 Å². The fourth-order valence-electron chi connectivity index (χ4n) is 2.51. The van der Waals surface area contributed by atoms with E-state index in [1.54, 1.807) is 12.4 Å². The third-order valence-corrected chi connectivity index (χ3v) is 3.67. The summed E-state index contributed by atoms with van der Waals surface area (Å²) in [4.78, 5) is 23.1. The van der Waals surface area contributed by atoms with Crippen LogP contribution in [0.2, 0.25) is 0 Å². The zero-order valence-corrected chi connectivity index (χ0v) is 11.7. The molecule has 1 aliphatic heterocycles. The first kappa shape index (κ1) is 12.7. The maximum Gasteiger partial charge on any atom is 0.240 e. The summed E-state index contributed by atoms with van der Waals surface area (Å²) >= 11 is 0. The highest BCUT2D eigenvalue weighted by Gasteiger charge is 2.14. The van der Waals surface area contributed by atoms with Gasteiger partial charge in [-0.05, 0) is 24.3 Å². The fraction of sp³-hybridized carbons (Fsp3) is 0.125. The molecule has 0 fully saturated rings. The molecule has 4 rings (SSSR count). The van der Waals surface area contributed by atoms with E-state index in [2.05, 4.69) is 25.5 Å². The Hall–Kier alpha value is -3.02. The molecule has 0 aliphatic carbocycles. The van der Waals surface area contributed by atoms with Gasteiger partial charge in [0.15, 0.2) is 0 Å². The molecule has 22 heavy (non-hydrogen) atoms. The number of nitrogens with zero attached hydrogens (tertiary/aromatic N) is 3. The molecule has 0 saturated carbocycles. The number of pyridine rings is 1. The number of carbonyl (C=O) groups excluding carboxylic acids is 1. The number of fused-ring (bicyclic) bond motifs is 1. The first-order valence-electron chi connectivity index (χ1n) is 7.05. The van der Waals surface area contributed by atoms with Gasteiger partial charge in [0, 0.05) is 36.4 Å². The normalized spacial score (nSPS) is 14.7. The smallest absolute Gasteiger partial charge is 0.240 e. The molecule has 2 N–H and O–H groups in total. The monoisotopic (exact) mass is 291 g/mol. The standard InChI is InChI=1S/C16H13N5O/c22-15-4-3-12(20-21-15)11-1-2-13-14(9-11)19-16(18-13)10-5-7-17-8-6-10/h1-2,5-9H,3-4H2,(H,18,19)(H,21,22). The van der Waals surface area contributed by atoms with Crippen molar-refractivity contribution in [3.63, 3.8) is 0 Å². The van der Waals surface area contributed by atoms with Crippen molar-refractivity contribution in [2.45, 2.75) is 12.8 Å². The average Bonchev–Trinajstić information content (AvgIpc) is 2.99. The quantitative estimate of drug-likeness (QED) is 0.759. The predicted octanol–water partition coefficient (Wildman–Crippen LogP) is 2.24. The van der Waals surface area contributed by atoms with Gasteiger partial charge in [-0.1, -0.05) is 6.07 Å². The molecule has 1 amide bonds. The van der Waals surface area contributed by atoms with E-state index in [-0.39, 0.29) is 5.91 Å². The maximum atomic E-state index is 11.2. The highest BCUT2D eigenvalue weighted by molar-refractivity contribution is 6.05. The van der Waals surface area contributed by atoms with Gasteiger partial charge < -0.3 is 4.98 Å². The fourth-order valence-corrected chi connectivity index (χ4v) is 2.51. The SMILES string of the molecule is O=C1CCC(c2ccc3[nH]c(-c4ccncc4)nc3c2)=NN1. The topological polar surface area (TPSA) is 83.0 Å². The lowest BCUT2D eigenvalue weighted by atomic mass is 10.0. The summed E-state index contributed by atoms with van der Waals surface area (Å²) in [6.45, 7) is 0. The molecule has 1 aromatic carbocycles. The second kappa shape index (κ2) is 5.07. The molecular weight excluding hydrogens is 278 g/mol. The van der Waals surface area contributed by atoms with Crippen molar-refractivity contribution in [1.29, 1.82) is 0 Å². The number of H-pyrrole nitrogens is 1. The summed E-state index contributed by atoms with van der Waals surface area (Å²) in [7, 11) is 0. The van der Waals surface area contributed by atoms with Crippen molar-refractivity contribution in [1.82, 2.24) is 20.4 Å². The maximum absolute atomic E-state index is 11.2. The molecule has 0 bridgehead atoms. The molecule has 0 saturated heterocycles. The molecule has 0 atom stereocenters. The Labute approximate surface area is 126 Å². The van der Waals surface area contributed by atoms with Crippen LogP contribution in [0.25, 0.3) is 22.4 Å². The highest BCUT2D eigenvalue weighted by Crippen LogP contribution is 2.22. The van der Waals surface area contributed by atoms with E-state index in [4.69, 9.17) is 0 Å². The van der Waals surface area contributed by atoms with Crippen LogP contribution in [0.1, 0.15) is 18.4 Å². The Balaban J connectivity index is 1.74. The van der Waals surface area contributed by atoms with Gasteiger partial charge in [0.1, 0.15) is 5.82 Å². The average molecular weight is 291 g/mol. The van der Waals surface area contributed by atoms with Crippen molar-refractivity contribution >= 4 is 22.7 Å². The van der Waals surface area contributed by atoms with Crippen molar-refractivity contribution in [2.75, 3.05) is 0 Å². The second-order valence-corrected chi connectivity index (χ2v) is 5.15. The van der Waals surface area contributed by atoms with Crippen molar-refractivity contribution < 1.29 is 4.79 Å². The minimum absolute atomic E-state index is 0.0374. The molecule has 2 aromatic heterocycles. The van der Waals surface area contributed by atoms with Gasteiger partial charge in [0.2, 0.25) is 5.91 Å². The summed E-state index contributed by atoms with van der Waals surface area (Å²) < 4.78 is 0. The number of rotatable bonds is 2. The number of imidazole rings is 1. The Kier molecular flexibility index (Phi) is 2.93. The molecule has 6 heteroatoms. The van der Waals surface area contributed by atoms with E-state index < -0.39 is 0 Å². The van der Waals surface area contributed by atoms with Gasteiger partial charge in [-0.3, -0.25) is 9.78 Å². The van der Waals surface area contributed by atoms with E-state index in [1.807, 2.05) is 30.3 Å². The Bertz CT molecular complexity index is 882. The van der Waals surface area contributed by atoms with Crippen LogP contribution in [0.5, 0.6) is 0 Å². The second-order valence-electron chi connectivity index (χ2n) is 5.15. The van der Waals surface area contributed by atoms with E-state index in [9.17, 15) is 4.79 Å². The van der Waals surface area contributed by atoms with Gasteiger partial charge in [0.05, 0.1) is 16.7 Å². The predicted molar refractivity (Wildman–Crippen MR) is 83.2 cm³/mol. The van der Waals surface area contributed by atoms with E-state index in [1.165, 1.54) is 0 Å². The lowest BCUT2D eigenvalue weighted by Crippen LogP contribution is -2.25. The first-order chi connectivity index (χ1) is 10.8. The van der Waals surface area contributed by atoms with E-state index in [0.29, 0.717) is 12.8 Å². The van der Waals surface area contributed by atoms with Gasteiger partial charge >= 0.3 is 0 Å². The van der Waals surface area contributed by atoms with E-state index in [0.717, 1.165) is 33.7 Å². The molecular formula is C16H13N5O. The number of aromatic amines is 1. The van der Waals surface area contributed by atoms with Crippen LogP contribution < -0.4 is 5.43 Å². The number of amides is 1. The molecule has 108 valence electrons. The minimum atomic E-state index is -0.0374. The molecule has 0 unspecified atom stereocenters. The van der Waals surface area contributed by atoms with Gasteiger partial charge in [-0.15, -0.1) is 0 Å². The summed E-state index contributed by atoms with van der Waals surface area (Å²) in [5.74, 6) is 0.776. The summed E-state index contributed by atoms with van der Waals surface area (Å²) in [6.07, 6.45) is 4.61. The zero-order chi connectivity index (χ0) is 14.9. The summed E-state index contributed by atoms with van der Waals surface area (Å²) in [6, 6.07) is 9.81. The molecule has 1 aliphatic rings. The highest BCUT2D eigenvalue weighted by atomic mass is 16.2. The minimum Gasteiger partial charge on any atom is -0.338 e. The lowest BCUT2D eigenvalue weighted by Gasteiger charge is -2.11. The zero-order valence-electron chi connectivity index (χ0n) is 11.7. The molecule has 0 radical (unpaired) electrons. The van der Waals surface area contributed by atoms with Gasteiger partial charge in [-0.25, -0.2) is 10.4 Å². The largest absolute Gasteiger partial charge is 0.338 e. The number of hydrazone groups is 1. The van der Waals surface area contributed by atoms with Crippen LogP contribution in [0, 0.1) is 0 Å². The van der Waals surface area contributed by atoms with Crippen LogP contribution in [0.15, 0.2) is 47.8 Å².